The maximum Gasteiger partial charge on any atom is 0.269 e. The van der Waals surface area contributed by atoms with E-state index < -0.39 is 4.92 Å². The predicted molar refractivity (Wildman–Crippen MR) is 121 cm³/mol. The van der Waals surface area contributed by atoms with Crippen molar-refractivity contribution < 1.29 is 4.92 Å². The molecular formula is C22H27ClN4O2. The Morgan fingerprint density at radius 1 is 1.34 bits per heavy atom. The summed E-state index contributed by atoms with van der Waals surface area (Å²) in [6.07, 6.45) is 3.86. The fourth-order valence-corrected chi connectivity index (χ4v) is 4.31. The van der Waals surface area contributed by atoms with Gasteiger partial charge < -0.3 is 4.90 Å². The SMILES string of the molecule is CCCN1c2cc(Cl)c(/C=N\Nc3ccc([N+](=O)[O-])cc3)cc2C(C)CC1(C)C. The number of hydrogen-bond donors (Lipinski definition) is 1. The van der Waals surface area contributed by atoms with Gasteiger partial charge in [0.1, 0.15) is 0 Å². The quantitative estimate of drug-likeness (QED) is 0.347. The van der Waals surface area contributed by atoms with Crippen LogP contribution in [0, 0.1) is 10.1 Å². The minimum atomic E-state index is -0.426. The van der Waals surface area contributed by atoms with Gasteiger partial charge in [-0.25, -0.2) is 0 Å². The number of anilines is 2. The van der Waals surface area contributed by atoms with Gasteiger partial charge in [-0.2, -0.15) is 5.10 Å². The first-order valence-electron chi connectivity index (χ1n) is 9.87. The van der Waals surface area contributed by atoms with Gasteiger partial charge in [0.05, 0.1) is 21.8 Å². The van der Waals surface area contributed by atoms with Gasteiger partial charge in [0, 0.05) is 35.5 Å². The van der Waals surface area contributed by atoms with Crippen LogP contribution in [0.15, 0.2) is 41.5 Å². The van der Waals surface area contributed by atoms with Gasteiger partial charge >= 0.3 is 0 Å². The van der Waals surface area contributed by atoms with Crippen LogP contribution in [-0.4, -0.2) is 23.2 Å². The topological polar surface area (TPSA) is 70.8 Å². The van der Waals surface area contributed by atoms with E-state index in [-0.39, 0.29) is 11.2 Å². The molecule has 1 unspecified atom stereocenters. The third-order valence-electron chi connectivity index (χ3n) is 5.43. The Labute approximate surface area is 176 Å². The molecule has 0 spiro atoms. The molecule has 0 radical (unpaired) electrons. The molecular weight excluding hydrogens is 388 g/mol. The average Bonchev–Trinajstić information content (AvgIpc) is 2.66. The van der Waals surface area contributed by atoms with Crippen LogP contribution < -0.4 is 10.3 Å². The highest BCUT2D eigenvalue weighted by atomic mass is 35.5. The molecule has 7 heteroatoms. The lowest BCUT2D eigenvalue weighted by Gasteiger charge is -2.47. The van der Waals surface area contributed by atoms with Gasteiger partial charge in [-0.3, -0.25) is 15.5 Å². The summed E-state index contributed by atoms with van der Waals surface area (Å²) in [6.45, 7) is 10.0. The maximum absolute atomic E-state index is 10.7. The van der Waals surface area contributed by atoms with Crippen LogP contribution >= 0.6 is 11.6 Å². The molecule has 1 atom stereocenters. The summed E-state index contributed by atoms with van der Waals surface area (Å²) in [5.41, 5.74) is 7.06. The van der Waals surface area contributed by atoms with Gasteiger partial charge in [-0.05, 0) is 62.4 Å². The zero-order valence-electron chi connectivity index (χ0n) is 17.3. The first-order valence-corrected chi connectivity index (χ1v) is 10.3. The second-order valence-electron chi connectivity index (χ2n) is 8.18. The summed E-state index contributed by atoms with van der Waals surface area (Å²) in [5.74, 6) is 0.431. The van der Waals surface area contributed by atoms with E-state index in [9.17, 15) is 10.1 Å². The third-order valence-corrected chi connectivity index (χ3v) is 5.75. The number of nitrogens with one attached hydrogen (secondary N) is 1. The highest BCUT2D eigenvalue weighted by Crippen LogP contribution is 2.45. The summed E-state index contributed by atoms with van der Waals surface area (Å²) in [4.78, 5) is 12.8. The molecule has 1 heterocycles. The molecule has 1 aliphatic heterocycles. The number of benzene rings is 2. The molecule has 154 valence electrons. The molecule has 0 aliphatic carbocycles. The lowest BCUT2D eigenvalue weighted by atomic mass is 9.79. The lowest BCUT2D eigenvalue weighted by Crippen LogP contribution is -2.48. The minimum Gasteiger partial charge on any atom is -0.366 e. The molecule has 0 aromatic heterocycles. The molecule has 2 aromatic carbocycles. The third kappa shape index (κ3) is 4.53. The number of non-ortho nitro benzene ring substituents is 1. The van der Waals surface area contributed by atoms with E-state index in [1.165, 1.54) is 23.4 Å². The van der Waals surface area contributed by atoms with E-state index in [2.05, 4.69) is 55.3 Å². The largest absolute Gasteiger partial charge is 0.366 e. The zero-order valence-corrected chi connectivity index (χ0v) is 18.0. The Hall–Kier alpha value is -2.60. The highest BCUT2D eigenvalue weighted by molar-refractivity contribution is 6.33. The van der Waals surface area contributed by atoms with E-state index in [4.69, 9.17) is 11.6 Å². The van der Waals surface area contributed by atoms with Gasteiger partial charge in [0.15, 0.2) is 0 Å². The van der Waals surface area contributed by atoms with Crippen LogP contribution in [0.2, 0.25) is 5.02 Å². The van der Waals surface area contributed by atoms with E-state index >= 15 is 0 Å². The number of nitro groups is 1. The molecule has 3 rings (SSSR count). The predicted octanol–water partition coefficient (Wildman–Crippen LogP) is 6.20. The van der Waals surface area contributed by atoms with Crippen molar-refractivity contribution in [2.24, 2.45) is 5.10 Å². The number of hydrazone groups is 1. The molecule has 2 aromatic rings. The van der Waals surface area contributed by atoms with Crippen molar-refractivity contribution in [2.75, 3.05) is 16.9 Å². The Morgan fingerprint density at radius 3 is 2.66 bits per heavy atom. The summed E-state index contributed by atoms with van der Waals surface area (Å²) < 4.78 is 0. The van der Waals surface area contributed by atoms with Crippen molar-refractivity contribution in [3.05, 3.63) is 62.7 Å². The second kappa shape index (κ2) is 8.41. The molecule has 0 saturated carbocycles. The van der Waals surface area contributed by atoms with Crippen molar-refractivity contribution in [1.82, 2.24) is 0 Å². The number of nitro benzene ring substituents is 1. The van der Waals surface area contributed by atoms with Crippen molar-refractivity contribution >= 4 is 34.9 Å². The van der Waals surface area contributed by atoms with Crippen molar-refractivity contribution in [3.8, 4) is 0 Å². The van der Waals surface area contributed by atoms with E-state index in [1.807, 2.05) is 0 Å². The van der Waals surface area contributed by atoms with Crippen LogP contribution in [0.25, 0.3) is 0 Å². The second-order valence-corrected chi connectivity index (χ2v) is 8.58. The monoisotopic (exact) mass is 414 g/mol. The first-order chi connectivity index (χ1) is 13.7. The number of nitrogens with zero attached hydrogens (tertiary/aromatic N) is 3. The molecule has 0 amide bonds. The molecule has 29 heavy (non-hydrogen) atoms. The zero-order chi connectivity index (χ0) is 21.2. The van der Waals surface area contributed by atoms with Gasteiger partial charge in [-0.15, -0.1) is 0 Å². The van der Waals surface area contributed by atoms with Crippen LogP contribution in [0.1, 0.15) is 57.6 Å². The summed E-state index contributed by atoms with van der Waals surface area (Å²) >= 11 is 6.58. The van der Waals surface area contributed by atoms with Crippen LogP contribution in [0.4, 0.5) is 17.1 Å². The number of fused-ring (bicyclic) bond motifs is 1. The van der Waals surface area contributed by atoms with E-state index in [1.54, 1.807) is 18.3 Å². The minimum absolute atomic E-state index is 0.0470. The Balaban J connectivity index is 1.83. The number of hydrogen-bond acceptors (Lipinski definition) is 5. The maximum atomic E-state index is 10.7. The van der Waals surface area contributed by atoms with Gasteiger partial charge in [0.25, 0.3) is 5.69 Å². The summed E-state index contributed by atoms with van der Waals surface area (Å²) in [5, 5.41) is 15.7. The molecule has 0 fully saturated rings. The fourth-order valence-electron chi connectivity index (χ4n) is 4.10. The lowest BCUT2D eigenvalue weighted by molar-refractivity contribution is -0.384. The van der Waals surface area contributed by atoms with E-state index in [0.717, 1.165) is 24.9 Å². The van der Waals surface area contributed by atoms with Gasteiger partial charge in [-0.1, -0.05) is 25.4 Å². The van der Waals surface area contributed by atoms with Crippen LogP contribution in [0.5, 0.6) is 0 Å². The van der Waals surface area contributed by atoms with Crippen molar-refractivity contribution in [1.29, 1.82) is 0 Å². The summed E-state index contributed by atoms with van der Waals surface area (Å²) in [7, 11) is 0. The standard InChI is InChI=1S/C22H27ClN4O2/c1-5-10-26-21-12-20(23)16(11-19(21)15(2)13-22(26,3)4)14-24-25-17-6-8-18(9-7-17)27(28)29/h6-9,11-12,14-15,25H,5,10,13H2,1-4H3/b24-14-. The Morgan fingerprint density at radius 2 is 2.03 bits per heavy atom. The normalized spacial score (nSPS) is 18.0. The van der Waals surface area contributed by atoms with Gasteiger partial charge in [0.2, 0.25) is 0 Å². The molecule has 0 bridgehead atoms. The average molecular weight is 415 g/mol. The Bertz CT molecular complexity index is 925. The smallest absolute Gasteiger partial charge is 0.269 e. The van der Waals surface area contributed by atoms with Crippen molar-refractivity contribution in [3.63, 3.8) is 0 Å². The number of halogens is 1. The molecule has 6 nitrogen and oxygen atoms in total. The first kappa shape index (κ1) is 21.1. The summed E-state index contributed by atoms with van der Waals surface area (Å²) in [6, 6.07) is 10.3. The molecule has 1 N–H and O–H groups in total. The van der Waals surface area contributed by atoms with Crippen LogP contribution in [0.3, 0.4) is 0 Å². The van der Waals surface area contributed by atoms with E-state index in [0.29, 0.717) is 16.6 Å². The van der Waals surface area contributed by atoms with Crippen LogP contribution in [-0.2, 0) is 0 Å². The fraction of sp³-hybridized carbons (Fsp3) is 0.409. The Kier molecular flexibility index (Phi) is 6.13. The molecule has 1 aliphatic rings. The van der Waals surface area contributed by atoms with Crippen molar-refractivity contribution in [2.45, 2.75) is 52.0 Å². The molecule has 0 saturated heterocycles. The highest BCUT2D eigenvalue weighted by Gasteiger charge is 2.36. The number of rotatable bonds is 6.